The van der Waals surface area contributed by atoms with E-state index in [0.717, 1.165) is 11.4 Å². The van der Waals surface area contributed by atoms with Crippen LogP contribution in [0.25, 0.3) is 44.2 Å². The zero-order valence-electron chi connectivity index (χ0n) is 38.6. The molecule has 3 aliphatic carbocycles. The summed E-state index contributed by atoms with van der Waals surface area (Å²) in [5.41, 5.74) is 20.8. The summed E-state index contributed by atoms with van der Waals surface area (Å²) >= 11 is 0. The third-order valence-electron chi connectivity index (χ3n) is 16.0. The molecule has 0 bridgehead atoms. The number of benzene rings is 10. The van der Waals surface area contributed by atoms with Crippen molar-refractivity contribution >= 4 is 27.8 Å². The molecule has 1 fully saturated rings. The van der Waals surface area contributed by atoms with Crippen molar-refractivity contribution in [2.75, 3.05) is 4.90 Å². The van der Waals surface area contributed by atoms with Crippen LogP contribution in [0.5, 0.6) is 0 Å². The van der Waals surface area contributed by atoms with Crippen LogP contribution in [0.1, 0.15) is 89.5 Å². The topological polar surface area (TPSA) is 3.24 Å². The predicted octanol–water partition coefficient (Wildman–Crippen LogP) is 17.7. The molecule has 1 heteroatoms. The van der Waals surface area contributed by atoms with Crippen molar-refractivity contribution in [2.45, 2.75) is 55.8 Å². The van der Waals surface area contributed by atoms with Crippen LogP contribution in [-0.2, 0) is 10.8 Å². The number of fused-ring (bicyclic) bond motifs is 7. The van der Waals surface area contributed by atoms with Crippen LogP contribution in [-0.4, -0.2) is 0 Å². The summed E-state index contributed by atoms with van der Waals surface area (Å²) in [6, 6.07) is 89.4. The molecule has 10 aromatic carbocycles. The molecule has 0 spiro atoms. The van der Waals surface area contributed by atoms with Crippen LogP contribution >= 0.6 is 0 Å². The minimum atomic E-state index is -0.544. The minimum absolute atomic E-state index is 0.352. The van der Waals surface area contributed by atoms with E-state index in [-0.39, 0.29) is 5.41 Å². The molecule has 68 heavy (non-hydrogen) atoms. The highest BCUT2D eigenvalue weighted by molar-refractivity contribution is 6.05. The largest absolute Gasteiger partial charge is 0.309 e. The molecular formula is C67H53N. The Morgan fingerprint density at radius 2 is 0.897 bits per heavy atom. The summed E-state index contributed by atoms with van der Waals surface area (Å²) in [6.45, 7) is 2.43. The molecule has 0 aromatic heterocycles. The maximum Gasteiger partial charge on any atom is 0.0714 e. The molecule has 1 atom stereocenters. The molecular weight excluding hydrogens is 819 g/mol. The Kier molecular flexibility index (Phi) is 9.68. The van der Waals surface area contributed by atoms with Crippen LogP contribution in [0, 0.1) is 0 Å². The summed E-state index contributed by atoms with van der Waals surface area (Å²) in [5, 5.41) is 2.70. The van der Waals surface area contributed by atoms with Crippen LogP contribution in [0.4, 0.5) is 17.1 Å². The number of nitrogens with zero attached hydrogens (tertiary/aromatic N) is 1. The van der Waals surface area contributed by atoms with Gasteiger partial charge in [0, 0.05) is 22.2 Å². The van der Waals surface area contributed by atoms with Gasteiger partial charge in [-0.25, -0.2) is 0 Å². The van der Waals surface area contributed by atoms with E-state index in [0.29, 0.717) is 5.92 Å². The van der Waals surface area contributed by atoms with Gasteiger partial charge in [-0.3, -0.25) is 0 Å². The highest BCUT2D eigenvalue weighted by Gasteiger charge is 2.47. The lowest BCUT2D eigenvalue weighted by atomic mass is 9.67. The van der Waals surface area contributed by atoms with Crippen molar-refractivity contribution < 1.29 is 0 Å². The zero-order valence-corrected chi connectivity index (χ0v) is 38.6. The summed E-state index contributed by atoms with van der Waals surface area (Å²) in [4.78, 5) is 2.61. The van der Waals surface area contributed by atoms with Crippen LogP contribution in [0.2, 0.25) is 0 Å². The average Bonchev–Trinajstić information content (AvgIpc) is 3.87. The van der Waals surface area contributed by atoms with E-state index in [9.17, 15) is 0 Å². The van der Waals surface area contributed by atoms with Gasteiger partial charge < -0.3 is 4.90 Å². The van der Waals surface area contributed by atoms with Gasteiger partial charge in [-0.05, 0) is 127 Å². The molecule has 0 aliphatic heterocycles. The van der Waals surface area contributed by atoms with Crippen molar-refractivity contribution in [1.82, 2.24) is 0 Å². The number of rotatable bonds is 8. The van der Waals surface area contributed by atoms with Crippen LogP contribution in [0.15, 0.2) is 237 Å². The average molecular weight is 872 g/mol. The first-order chi connectivity index (χ1) is 33.7. The van der Waals surface area contributed by atoms with Crippen LogP contribution in [0.3, 0.4) is 0 Å². The third kappa shape index (κ3) is 6.01. The summed E-state index contributed by atoms with van der Waals surface area (Å²) < 4.78 is 0. The fourth-order valence-electron chi connectivity index (χ4n) is 13.0. The van der Waals surface area contributed by atoms with Crippen LogP contribution < -0.4 is 4.90 Å². The van der Waals surface area contributed by atoms with Gasteiger partial charge in [0.2, 0.25) is 0 Å². The van der Waals surface area contributed by atoms with Crippen molar-refractivity contribution in [3.63, 3.8) is 0 Å². The highest BCUT2D eigenvalue weighted by atomic mass is 15.1. The molecule has 326 valence electrons. The molecule has 0 amide bonds. The lowest BCUT2D eigenvalue weighted by Gasteiger charge is -2.36. The standard InChI is InChI=1S/C67H53N/c1-66(48-27-7-3-8-28-48)58-39-15-13-36-57(58)65-61(66)42-22-44-63(65)68(62-43-18-14-35-55(62)56-38-20-26-47-25-19-37-52(64(47)56)46-23-5-2-6-24-46)51-32-21-31-50(45-51)67(49-29-9-4-10-30-49)59-40-16-11-33-53(59)54-34-12-17-41-60(54)67/h3-4,7-22,25-46H,2,5-6,23-24H2,1H3. The second kappa shape index (κ2) is 16.2. The Morgan fingerprint density at radius 1 is 0.382 bits per heavy atom. The van der Waals surface area contributed by atoms with E-state index in [1.165, 1.54) is 126 Å². The number of para-hydroxylation sites is 1. The van der Waals surface area contributed by atoms with E-state index >= 15 is 0 Å². The minimum Gasteiger partial charge on any atom is -0.309 e. The van der Waals surface area contributed by atoms with Crippen molar-refractivity contribution in [3.8, 4) is 33.4 Å². The van der Waals surface area contributed by atoms with Crippen molar-refractivity contribution in [3.05, 3.63) is 281 Å². The molecule has 0 N–H and O–H groups in total. The molecule has 3 aliphatic rings. The SMILES string of the molecule is CC1(c2ccccc2)c2ccccc2-c2c(N(c3cccc(C4(c5ccccc5)c5ccccc5-c5ccccc54)c3)c3ccccc3-c3cccc4cccc(C5CCCCC5)c34)cccc21. The Bertz CT molecular complexity index is 3470. The Balaban J connectivity index is 1.11. The Labute approximate surface area is 401 Å². The van der Waals surface area contributed by atoms with Gasteiger partial charge in [-0.1, -0.05) is 232 Å². The molecule has 0 heterocycles. The van der Waals surface area contributed by atoms with Gasteiger partial charge in [0.15, 0.2) is 0 Å². The van der Waals surface area contributed by atoms with E-state index < -0.39 is 5.41 Å². The fourth-order valence-corrected chi connectivity index (χ4v) is 13.0. The third-order valence-corrected chi connectivity index (χ3v) is 16.0. The summed E-state index contributed by atoms with van der Waals surface area (Å²) in [5.74, 6) is 0.560. The molecule has 1 nitrogen and oxygen atoms in total. The van der Waals surface area contributed by atoms with Gasteiger partial charge in [-0.15, -0.1) is 0 Å². The van der Waals surface area contributed by atoms with Gasteiger partial charge in [0.05, 0.1) is 16.8 Å². The molecule has 1 saturated carbocycles. The number of hydrogen-bond donors (Lipinski definition) is 0. The Hall–Kier alpha value is -7.74. The monoisotopic (exact) mass is 871 g/mol. The lowest BCUT2D eigenvalue weighted by Crippen LogP contribution is -2.29. The van der Waals surface area contributed by atoms with E-state index in [1.807, 2.05) is 0 Å². The zero-order chi connectivity index (χ0) is 45.2. The first-order valence-corrected chi connectivity index (χ1v) is 24.7. The number of hydrogen-bond acceptors (Lipinski definition) is 1. The lowest BCUT2D eigenvalue weighted by molar-refractivity contribution is 0.445. The smallest absolute Gasteiger partial charge is 0.0714 e. The maximum atomic E-state index is 2.61. The maximum absolute atomic E-state index is 2.61. The molecule has 0 saturated heterocycles. The normalized spacial score (nSPS) is 16.7. The van der Waals surface area contributed by atoms with E-state index in [2.05, 4.69) is 248 Å². The Morgan fingerprint density at radius 3 is 1.62 bits per heavy atom. The van der Waals surface area contributed by atoms with Gasteiger partial charge >= 0.3 is 0 Å². The molecule has 1 unspecified atom stereocenters. The first kappa shape index (κ1) is 40.5. The second-order valence-electron chi connectivity index (χ2n) is 19.4. The summed E-state index contributed by atoms with van der Waals surface area (Å²) in [7, 11) is 0. The van der Waals surface area contributed by atoms with Gasteiger partial charge in [0.1, 0.15) is 0 Å². The second-order valence-corrected chi connectivity index (χ2v) is 19.4. The van der Waals surface area contributed by atoms with Gasteiger partial charge in [0.25, 0.3) is 0 Å². The first-order valence-electron chi connectivity index (χ1n) is 24.7. The van der Waals surface area contributed by atoms with E-state index in [4.69, 9.17) is 0 Å². The number of anilines is 3. The van der Waals surface area contributed by atoms with Crippen molar-refractivity contribution in [2.24, 2.45) is 0 Å². The summed E-state index contributed by atoms with van der Waals surface area (Å²) in [6.07, 6.45) is 6.43. The highest BCUT2D eigenvalue weighted by Crippen LogP contribution is 2.60. The fraction of sp³-hybridized carbons (Fsp3) is 0.134. The molecule has 13 rings (SSSR count). The molecule has 10 aromatic rings. The van der Waals surface area contributed by atoms with E-state index in [1.54, 1.807) is 0 Å². The quantitative estimate of drug-likeness (QED) is 0.147. The van der Waals surface area contributed by atoms with Gasteiger partial charge in [-0.2, -0.15) is 0 Å². The van der Waals surface area contributed by atoms with Crippen molar-refractivity contribution in [1.29, 1.82) is 0 Å². The molecule has 0 radical (unpaired) electrons. The predicted molar refractivity (Wildman–Crippen MR) is 285 cm³/mol.